The van der Waals surface area contributed by atoms with Gasteiger partial charge < -0.3 is 19.4 Å². The number of nitrogens with zero attached hydrogens (tertiary/aromatic N) is 3. The molecule has 0 aliphatic carbocycles. The largest absolute Gasteiger partial charge is 0.497 e. The number of rotatable bonds is 8. The minimum atomic E-state index is -0.144. The van der Waals surface area contributed by atoms with E-state index < -0.39 is 0 Å². The summed E-state index contributed by atoms with van der Waals surface area (Å²) >= 11 is 8.88. The van der Waals surface area contributed by atoms with Gasteiger partial charge in [-0.05, 0) is 36.4 Å². The summed E-state index contributed by atoms with van der Waals surface area (Å²) in [5.41, 5.74) is 2.57. The Balaban J connectivity index is 1.47. The van der Waals surface area contributed by atoms with Gasteiger partial charge in [-0.3, -0.25) is 4.79 Å². The summed E-state index contributed by atoms with van der Waals surface area (Å²) in [4.78, 5) is 21.6. The average molecular weight is 463 g/mol. The molecule has 7 nitrogen and oxygen atoms in total. The van der Waals surface area contributed by atoms with Crippen LogP contribution < -0.4 is 10.1 Å². The van der Waals surface area contributed by atoms with Crippen LogP contribution in [0.25, 0.3) is 21.3 Å². The van der Waals surface area contributed by atoms with Gasteiger partial charge in [0.15, 0.2) is 10.3 Å². The van der Waals surface area contributed by atoms with Crippen molar-refractivity contribution in [3.05, 3.63) is 41.4 Å². The third kappa shape index (κ3) is 4.54. The molecule has 2 aromatic heterocycles. The first-order valence-electron chi connectivity index (χ1n) is 9.09. The van der Waals surface area contributed by atoms with E-state index in [1.165, 1.54) is 23.1 Å². The number of amides is 1. The predicted molar refractivity (Wildman–Crippen MR) is 122 cm³/mol. The Labute approximate surface area is 186 Å². The fraction of sp³-hybridized carbons (Fsp3) is 0.250. The van der Waals surface area contributed by atoms with Crippen LogP contribution in [-0.2, 0) is 16.1 Å². The molecule has 0 saturated heterocycles. The number of aromatic nitrogens is 3. The molecule has 30 heavy (non-hydrogen) atoms. The molecule has 0 bridgehead atoms. The Bertz CT molecular complexity index is 1210. The summed E-state index contributed by atoms with van der Waals surface area (Å²) in [5, 5.41) is 4.80. The van der Waals surface area contributed by atoms with Crippen LogP contribution in [0.4, 0.5) is 5.13 Å². The highest BCUT2D eigenvalue weighted by molar-refractivity contribution is 7.99. The quantitative estimate of drug-likeness (QED) is 0.383. The van der Waals surface area contributed by atoms with Gasteiger partial charge in [0.2, 0.25) is 5.91 Å². The highest BCUT2D eigenvalue weighted by atomic mass is 35.5. The van der Waals surface area contributed by atoms with E-state index in [9.17, 15) is 4.79 Å². The van der Waals surface area contributed by atoms with Crippen molar-refractivity contribution in [3.63, 3.8) is 0 Å². The van der Waals surface area contributed by atoms with E-state index >= 15 is 0 Å². The van der Waals surface area contributed by atoms with Crippen LogP contribution in [0.2, 0.25) is 5.02 Å². The van der Waals surface area contributed by atoms with Gasteiger partial charge in [0.1, 0.15) is 5.75 Å². The average Bonchev–Trinajstić information content (AvgIpc) is 3.29. The van der Waals surface area contributed by atoms with Crippen LogP contribution in [0.15, 0.2) is 41.6 Å². The molecular formula is C20H19ClN4O3S2. The molecule has 0 atom stereocenters. The lowest BCUT2D eigenvalue weighted by atomic mass is 10.3. The van der Waals surface area contributed by atoms with E-state index in [0.29, 0.717) is 23.3 Å². The highest BCUT2D eigenvalue weighted by Crippen LogP contribution is 2.30. The molecule has 0 aliphatic rings. The standard InChI is InChI=1S/C20H19ClN4O3S2/c1-27-8-7-25-16-6-3-12(21)9-15(16)23-20(25)29-11-18(26)24-19-22-14-5-4-13(28-2)10-17(14)30-19/h3-6,9-10H,7-8,11H2,1-2H3,(H,22,24,26). The topological polar surface area (TPSA) is 78.3 Å². The number of thiazole rings is 1. The second kappa shape index (κ2) is 9.22. The number of methoxy groups -OCH3 is 2. The number of carbonyl (C=O) groups is 1. The summed E-state index contributed by atoms with van der Waals surface area (Å²) in [6.45, 7) is 1.18. The molecule has 2 heterocycles. The molecule has 0 saturated carbocycles. The second-order valence-corrected chi connectivity index (χ2v) is 8.77. The third-order valence-corrected chi connectivity index (χ3v) is 6.51. The monoisotopic (exact) mass is 462 g/mol. The number of imidazole rings is 1. The fourth-order valence-corrected chi connectivity index (χ4v) is 4.88. The fourth-order valence-electron chi connectivity index (χ4n) is 2.96. The molecule has 1 N–H and O–H groups in total. The van der Waals surface area contributed by atoms with Gasteiger partial charge >= 0.3 is 0 Å². The third-order valence-electron chi connectivity index (χ3n) is 4.37. The summed E-state index contributed by atoms with van der Waals surface area (Å²) < 4.78 is 13.4. The molecule has 10 heteroatoms. The van der Waals surface area contributed by atoms with Crippen molar-refractivity contribution < 1.29 is 14.3 Å². The van der Waals surface area contributed by atoms with E-state index in [1.54, 1.807) is 14.2 Å². The summed E-state index contributed by atoms with van der Waals surface area (Å²) in [7, 11) is 3.28. The van der Waals surface area contributed by atoms with E-state index in [4.69, 9.17) is 21.1 Å². The van der Waals surface area contributed by atoms with Crippen LogP contribution in [0.1, 0.15) is 0 Å². The molecule has 0 spiro atoms. The summed E-state index contributed by atoms with van der Waals surface area (Å²) in [6.07, 6.45) is 0. The highest BCUT2D eigenvalue weighted by Gasteiger charge is 2.15. The number of hydrogen-bond acceptors (Lipinski definition) is 7. The van der Waals surface area contributed by atoms with Crippen LogP contribution in [-0.4, -0.2) is 47.0 Å². The minimum Gasteiger partial charge on any atom is -0.497 e. The van der Waals surface area contributed by atoms with Gasteiger partial charge in [0.05, 0.1) is 40.7 Å². The summed E-state index contributed by atoms with van der Waals surface area (Å²) in [5.74, 6) is 0.826. The van der Waals surface area contributed by atoms with E-state index in [1.807, 2.05) is 41.0 Å². The van der Waals surface area contributed by atoms with Gasteiger partial charge in [-0.1, -0.05) is 34.7 Å². The Kier molecular flexibility index (Phi) is 6.43. The Hall–Kier alpha value is -2.33. The number of ether oxygens (including phenoxy) is 2. The van der Waals surface area contributed by atoms with Gasteiger partial charge in [0.25, 0.3) is 0 Å². The normalized spacial score (nSPS) is 11.3. The van der Waals surface area contributed by atoms with Crippen molar-refractivity contribution in [1.29, 1.82) is 0 Å². The number of fused-ring (bicyclic) bond motifs is 2. The van der Waals surface area contributed by atoms with Crippen LogP contribution in [0, 0.1) is 0 Å². The van der Waals surface area contributed by atoms with Gasteiger partial charge in [0, 0.05) is 18.7 Å². The lowest BCUT2D eigenvalue weighted by Gasteiger charge is -2.08. The van der Waals surface area contributed by atoms with Crippen molar-refractivity contribution in [3.8, 4) is 5.75 Å². The van der Waals surface area contributed by atoms with Gasteiger partial charge in [-0.25, -0.2) is 9.97 Å². The van der Waals surface area contributed by atoms with E-state index in [-0.39, 0.29) is 11.7 Å². The van der Waals surface area contributed by atoms with Crippen LogP contribution in [0.3, 0.4) is 0 Å². The molecule has 156 valence electrons. The molecule has 0 fully saturated rings. The Morgan fingerprint density at radius 1 is 1.20 bits per heavy atom. The first-order valence-corrected chi connectivity index (χ1v) is 11.3. The summed E-state index contributed by atoms with van der Waals surface area (Å²) in [6, 6.07) is 11.2. The zero-order valence-corrected chi connectivity index (χ0v) is 18.7. The van der Waals surface area contributed by atoms with Crippen molar-refractivity contribution in [1.82, 2.24) is 14.5 Å². The van der Waals surface area contributed by atoms with Crippen molar-refractivity contribution in [2.24, 2.45) is 0 Å². The molecule has 4 aromatic rings. The van der Waals surface area contributed by atoms with Gasteiger partial charge in [-0.2, -0.15) is 0 Å². The number of halogens is 1. The maximum absolute atomic E-state index is 12.5. The first-order chi connectivity index (χ1) is 14.6. The van der Waals surface area contributed by atoms with E-state index in [0.717, 1.165) is 32.2 Å². The predicted octanol–water partition coefficient (Wildman–Crippen LogP) is 4.69. The number of anilines is 1. The van der Waals surface area contributed by atoms with Crippen LogP contribution >= 0.6 is 34.7 Å². The van der Waals surface area contributed by atoms with Crippen molar-refractivity contribution in [2.75, 3.05) is 31.9 Å². The molecule has 0 aliphatic heterocycles. The molecule has 0 radical (unpaired) electrons. The number of thioether (sulfide) groups is 1. The Morgan fingerprint density at radius 3 is 2.87 bits per heavy atom. The van der Waals surface area contributed by atoms with Crippen molar-refractivity contribution in [2.45, 2.75) is 11.7 Å². The number of benzene rings is 2. The zero-order chi connectivity index (χ0) is 21.1. The van der Waals surface area contributed by atoms with E-state index in [2.05, 4.69) is 15.3 Å². The second-order valence-electron chi connectivity index (χ2n) is 6.36. The SMILES string of the molecule is COCCn1c(SCC(=O)Nc2nc3ccc(OC)cc3s2)nc2cc(Cl)ccc21. The van der Waals surface area contributed by atoms with Crippen LogP contribution in [0.5, 0.6) is 5.75 Å². The maximum Gasteiger partial charge on any atom is 0.236 e. The molecular weight excluding hydrogens is 444 g/mol. The zero-order valence-electron chi connectivity index (χ0n) is 16.3. The first kappa shape index (κ1) is 20.9. The Morgan fingerprint density at radius 2 is 2.07 bits per heavy atom. The number of nitrogens with one attached hydrogen (secondary N) is 1. The smallest absolute Gasteiger partial charge is 0.236 e. The number of hydrogen-bond donors (Lipinski definition) is 1. The van der Waals surface area contributed by atoms with Crippen molar-refractivity contribution >= 4 is 67.0 Å². The molecule has 0 unspecified atom stereocenters. The molecule has 2 aromatic carbocycles. The molecule has 4 rings (SSSR count). The molecule has 1 amide bonds. The lowest BCUT2D eigenvalue weighted by Crippen LogP contribution is -2.14. The van der Waals surface area contributed by atoms with Gasteiger partial charge in [-0.15, -0.1) is 0 Å². The minimum absolute atomic E-state index is 0.144. The lowest BCUT2D eigenvalue weighted by molar-refractivity contribution is -0.113. The maximum atomic E-state index is 12.5. The number of carbonyl (C=O) groups excluding carboxylic acids is 1.